The topological polar surface area (TPSA) is 70.3 Å². The SMILES string of the molecule is C#CCOC(=O)c1cc(-n2c(=O)cc(C)n(C(F)F)c2=O)c(F)cc1Cl. The van der Waals surface area contributed by atoms with Crippen LogP contribution in [0.2, 0.25) is 5.02 Å². The highest BCUT2D eigenvalue weighted by Crippen LogP contribution is 2.23. The predicted molar refractivity (Wildman–Crippen MR) is 86.4 cm³/mol. The number of aromatic nitrogens is 2. The smallest absolute Gasteiger partial charge is 0.340 e. The summed E-state index contributed by atoms with van der Waals surface area (Å²) in [7, 11) is 0. The third kappa shape index (κ3) is 3.50. The first-order valence-corrected chi connectivity index (χ1v) is 7.30. The van der Waals surface area contributed by atoms with Gasteiger partial charge < -0.3 is 4.74 Å². The average molecular weight is 387 g/mol. The molecule has 0 amide bonds. The highest BCUT2D eigenvalue weighted by molar-refractivity contribution is 6.33. The standard InChI is InChI=1S/C16H10ClF3N2O4/c1-3-4-26-14(24)9-6-12(11(18)7-10(9)17)22-13(23)5-8(2)21(15(19)20)16(22)25/h1,5-7,15H,4H2,2H3. The molecule has 10 heteroatoms. The van der Waals surface area contributed by atoms with Crippen LogP contribution in [0.3, 0.4) is 0 Å². The van der Waals surface area contributed by atoms with Crippen molar-refractivity contribution >= 4 is 17.6 Å². The molecule has 2 aromatic rings. The Morgan fingerprint density at radius 1 is 1.35 bits per heavy atom. The van der Waals surface area contributed by atoms with Crippen molar-refractivity contribution in [3.05, 3.63) is 61.1 Å². The van der Waals surface area contributed by atoms with Gasteiger partial charge in [0.05, 0.1) is 16.3 Å². The molecule has 0 aliphatic rings. The normalized spacial score (nSPS) is 10.7. The summed E-state index contributed by atoms with van der Waals surface area (Å²) in [6.45, 7) is -2.53. The molecule has 0 saturated carbocycles. The molecule has 0 atom stereocenters. The van der Waals surface area contributed by atoms with Crippen LogP contribution in [0, 0.1) is 25.1 Å². The van der Waals surface area contributed by atoms with E-state index in [0.29, 0.717) is 6.07 Å². The average Bonchev–Trinajstić information content (AvgIpc) is 2.53. The van der Waals surface area contributed by atoms with Gasteiger partial charge in [-0.15, -0.1) is 6.42 Å². The van der Waals surface area contributed by atoms with Crippen LogP contribution in [0.5, 0.6) is 0 Å². The molecule has 0 aliphatic heterocycles. The van der Waals surface area contributed by atoms with Gasteiger partial charge in [-0.1, -0.05) is 17.5 Å². The molecule has 6 nitrogen and oxygen atoms in total. The van der Waals surface area contributed by atoms with E-state index in [1.807, 2.05) is 5.92 Å². The molecule has 0 bridgehead atoms. The van der Waals surface area contributed by atoms with E-state index >= 15 is 0 Å². The van der Waals surface area contributed by atoms with Crippen molar-refractivity contribution in [2.24, 2.45) is 0 Å². The number of ether oxygens (including phenoxy) is 1. The zero-order valence-electron chi connectivity index (χ0n) is 13.1. The number of aryl methyl sites for hydroxylation is 1. The third-order valence-corrected chi connectivity index (χ3v) is 3.62. The fourth-order valence-electron chi connectivity index (χ4n) is 2.18. The van der Waals surface area contributed by atoms with Crippen molar-refractivity contribution < 1.29 is 22.7 Å². The number of halogens is 4. The zero-order valence-corrected chi connectivity index (χ0v) is 13.9. The summed E-state index contributed by atoms with van der Waals surface area (Å²) in [4.78, 5) is 36.2. The molecule has 1 aromatic carbocycles. The quantitative estimate of drug-likeness (QED) is 0.597. The molecule has 2 rings (SSSR count). The second-order valence-electron chi connectivity index (χ2n) is 4.95. The molecule has 26 heavy (non-hydrogen) atoms. The first-order valence-electron chi connectivity index (χ1n) is 6.92. The van der Waals surface area contributed by atoms with Crippen molar-refractivity contribution in [2.75, 3.05) is 6.61 Å². The molecule has 136 valence electrons. The maximum atomic E-state index is 14.3. The summed E-state index contributed by atoms with van der Waals surface area (Å²) in [5, 5.41) is -0.373. The summed E-state index contributed by atoms with van der Waals surface area (Å²) in [6.07, 6.45) is 4.96. The number of carbonyl (C=O) groups excluding carboxylic acids is 1. The van der Waals surface area contributed by atoms with Gasteiger partial charge in [0.25, 0.3) is 5.56 Å². The minimum Gasteiger partial charge on any atom is -0.449 e. The highest BCUT2D eigenvalue weighted by Gasteiger charge is 2.22. The van der Waals surface area contributed by atoms with E-state index in [-0.39, 0.29) is 19.9 Å². The number of esters is 1. The van der Waals surface area contributed by atoms with Gasteiger partial charge in [-0.2, -0.15) is 8.78 Å². The van der Waals surface area contributed by atoms with E-state index in [1.54, 1.807) is 0 Å². The lowest BCUT2D eigenvalue weighted by atomic mass is 10.2. The third-order valence-electron chi connectivity index (χ3n) is 3.31. The van der Waals surface area contributed by atoms with Gasteiger partial charge in [0.15, 0.2) is 6.61 Å². The van der Waals surface area contributed by atoms with Crippen LogP contribution in [0.4, 0.5) is 13.2 Å². The lowest BCUT2D eigenvalue weighted by Gasteiger charge is -2.14. The fraction of sp³-hybridized carbons (Fsp3) is 0.188. The predicted octanol–water partition coefficient (Wildman–Crippen LogP) is 2.29. The minimum absolute atomic E-state index is 0.00574. The van der Waals surface area contributed by atoms with Gasteiger partial charge in [0.2, 0.25) is 0 Å². The Kier molecular flexibility index (Phi) is 5.57. The number of nitrogens with zero attached hydrogens (tertiary/aromatic N) is 2. The van der Waals surface area contributed by atoms with Crippen molar-refractivity contribution in [3.8, 4) is 18.0 Å². The van der Waals surface area contributed by atoms with Gasteiger partial charge in [-0.05, 0) is 19.1 Å². The van der Waals surface area contributed by atoms with Crippen molar-refractivity contribution in [1.82, 2.24) is 9.13 Å². The monoisotopic (exact) mass is 386 g/mol. The van der Waals surface area contributed by atoms with E-state index in [9.17, 15) is 27.6 Å². The molecule has 1 heterocycles. The molecule has 0 spiro atoms. The number of benzene rings is 1. The first-order chi connectivity index (χ1) is 12.2. The van der Waals surface area contributed by atoms with E-state index in [4.69, 9.17) is 18.0 Å². The van der Waals surface area contributed by atoms with E-state index in [2.05, 4.69) is 4.74 Å². The van der Waals surface area contributed by atoms with Crippen LogP contribution >= 0.6 is 11.6 Å². The minimum atomic E-state index is -3.26. The number of alkyl halides is 2. The number of terminal acetylenes is 1. The van der Waals surface area contributed by atoms with E-state index < -0.39 is 47.4 Å². The molecule has 1 aromatic heterocycles. The first kappa shape index (κ1) is 19.3. The van der Waals surface area contributed by atoms with E-state index in [1.165, 1.54) is 0 Å². The van der Waals surface area contributed by atoms with E-state index in [0.717, 1.165) is 19.1 Å². The molecular formula is C16H10ClF3N2O4. The van der Waals surface area contributed by atoms with Crippen LogP contribution in [-0.4, -0.2) is 21.7 Å². The summed E-state index contributed by atoms with van der Waals surface area (Å²) in [5.74, 6) is -0.174. The largest absolute Gasteiger partial charge is 0.449 e. The molecular weight excluding hydrogens is 377 g/mol. The second-order valence-corrected chi connectivity index (χ2v) is 5.36. The zero-order chi connectivity index (χ0) is 19.6. The van der Waals surface area contributed by atoms with Crippen molar-refractivity contribution in [3.63, 3.8) is 0 Å². The Morgan fingerprint density at radius 3 is 2.58 bits per heavy atom. The maximum absolute atomic E-state index is 14.3. The Hall–Kier alpha value is -2.99. The molecule has 0 unspecified atom stereocenters. The van der Waals surface area contributed by atoms with Gasteiger partial charge in [-0.3, -0.25) is 4.79 Å². The Labute approximate surface area is 149 Å². The summed E-state index contributed by atoms with van der Waals surface area (Å²) < 4.78 is 45.2. The number of hydrogen-bond donors (Lipinski definition) is 0. The van der Waals surface area contributed by atoms with Crippen LogP contribution < -0.4 is 11.2 Å². The van der Waals surface area contributed by atoms with Gasteiger partial charge in [0.1, 0.15) is 5.82 Å². The summed E-state index contributed by atoms with van der Waals surface area (Å²) in [6, 6.07) is 2.14. The molecule has 0 saturated heterocycles. The Balaban J connectivity index is 2.76. The maximum Gasteiger partial charge on any atom is 0.340 e. The lowest BCUT2D eigenvalue weighted by Crippen LogP contribution is -2.40. The highest BCUT2D eigenvalue weighted by atomic mass is 35.5. The van der Waals surface area contributed by atoms with Crippen molar-refractivity contribution in [2.45, 2.75) is 13.5 Å². The number of rotatable bonds is 4. The molecule has 0 fully saturated rings. The molecule has 0 aliphatic carbocycles. The summed E-state index contributed by atoms with van der Waals surface area (Å²) in [5.41, 5.74) is -3.97. The van der Waals surface area contributed by atoms with Crippen molar-refractivity contribution in [1.29, 1.82) is 0 Å². The van der Waals surface area contributed by atoms with Gasteiger partial charge >= 0.3 is 18.2 Å². The van der Waals surface area contributed by atoms with Crippen LogP contribution in [0.15, 0.2) is 27.8 Å². The molecule has 0 N–H and O–H groups in total. The van der Waals surface area contributed by atoms with Crippen LogP contribution in [0.1, 0.15) is 22.6 Å². The van der Waals surface area contributed by atoms with Crippen LogP contribution in [0.25, 0.3) is 5.69 Å². The second kappa shape index (κ2) is 7.49. The summed E-state index contributed by atoms with van der Waals surface area (Å²) >= 11 is 5.77. The van der Waals surface area contributed by atoms with Gasteiger partial charge in [0, 0.05) is 11.8 Å². The number of hydrogen-bond acceptors (Lipinski definition) is 4. The Morgan fingerprint density at radius 2 is 2.00 bits per heavy atom. The van der Waals surface area contributed by atoms with Gasteiger partial charge in [-0.25, -0.2) is 23.1 Å². The lowest BCUT2D eigenvalue weighted by molar-refractivity contribution is 0.0555. The fourth-order valence-corrected chi connectivity index (χ4v) is 2.40. The molecule has 0 radical (unpaired) electrons. The Bertz CT molecular complexity index is 1040. The number of carbonyl (C=O) groups is 1. The van der Waals surface area contributed by atoms with Crippen LogP contribution in [-0.2, 0) is 4.74 Å².